The molecule has 0 bridgehead atoms. The zero-order valence-electron chi connectivity index (χ0n) is 10.0. The minimum absolute atomic E-state index is 0.344. The van der Waals surface area contributed by atoms with E-state index < -0.39 is 0 Å². The predicted octanol–water partition coefficient (Wildman–Crippen LogP) is 2.15. The standard InChI is InChI=1S/C11H17ClN4O/c1-13-11-14-6-9(12)10(16-11)15-7-3-4-8(5-7)17-2/h6-8H,3-5H2,1-2H3,(H2,13,14,15,16). The zero-order chi connectivity index (χ0) is 12.3. The molecule has 2 unspecified atom stereocenters. The Labute approximate surface area is 106 Å². The van der Waals surface area contributed by atoms with Gasteiger partial charge in [-0.1, -0.05) is 11.6 Å². The van der Waals surface area contributed by atoms with Crippen molar-refractivity contribution in [1.82, 2.24) is 9.97 Å². The average Bonchev–Trinajstić information content (AvgIpc) is 2.80. The second-order valence-corrected chi connectivity index (χ2v) is 4.56. The van der Waals surface area contributed by atoms with E-state index in [4.69, 9.17) is 16.3 Å². The Morgan fingerprint density at radius 2 is 2.29 bits per heavy atom. The van der Waals surface area contributed by atoms with Crippen molar-refractivity contribution in [2.24, 2.45) is 0 Å². The fraction of sp³-hybridized carbons (Fsp3) is 0.636. The Bertz CT molecular complexity index is 388. The molecule has 0 spiro atoms. The average molecular weight is 257 g/mol. The van der Waals surface area contributed by atoms with E-state index in [0.29, 0.717) is 28.9 Å². The van der Waals surface area contributed by atoms with Gasteiger partial charge in [0.15, 0.2) is 5.82 Å². The predicted molar refractivity (Wildman–Crippen MR) is 68.6 cm³/mol. The van der Waals surface area contributed by atoms with Crippen LogP contribution in [-0.2, 0) is 4.74 Å². The SMILES string of the molecule is CNc1ncc(Cl)c(NC2CCC(OC)C2)n1. The van der Waals surface area contributed by atoms with E-state index in [1.165, 1.54) is 0 Å². The monoisotopic (exact) mass is 256 g/mol. The van der Waals surface area contributed by atoms with Crippen LogP contribution in [0.5, 0.6) is 0 Å². The lowest BCUT2D eigenvalue weighted by Gasteiger charge is -2.15. The molecule has 2 N–H and O–H groups in total. The van der Waals surface area contributed by atoms with Gasteiger partial charge in [0.05, 0.1) is 12.3 Å². The van der Waals surface area contributed by atoms with Crippen molar-refractivity contribution in [3.8, 4) is 0 Å². The van der Waals surface area contributed by atoms with E-state index in [2.05, 4.69) is 20.6 Å². The fourth-order valence-electron chi connectivity index (χ4n) is 2.07. The van der Waals surface area contributed by atoms with Crippen LogP contribution < -0.4 is 10.6 Å². The third kappa shape index (κ3) is 2.98. The highest BCUT2D eigenvalue weighted by Gasteiger charge is 2.25. The molecule has 5 nitrogen and oxygen atoms in total. The second kappa shape index (κ2) is 5.51. The van der Waals surface area contributed by atoms with Crippen LogP contribution in [0.2, 0.25) is 5.02 Å². The molecule has 6 heteroatoms. The van der Waals surface area contributed by atoms with Crippen molar-refractivity contribution < 1.29 is 4.74 Å². The van der Waals surface area contributed by atoms with Crippen LogP contribution in [0.1, 0.15) is 19.3 Å². The summed E-state index contributed by atoms with van der Waals surface area (Å²) in [6, 6.07) is 0.372. The van der Waals surface area contributed by atoms with E-state index in [-0.39, 0.29) is 0 Å². The number of anilines is 2. The van der Waals surface area contributed by atoms with Gasteiger partial charge in [0, 0.05) is 20.2 Å². The third-order valence-corrected chi connectivity index (χ3v) is 3.30. The van der Waals surface area contributed by atoms with Crippen LogP contribution >= 0.6 is 11.6 Å². The topological polar surface area (TPSA) is 59.1 Å². The van der Waals surface area contributed by atoms with Gasteiger partial charge in [-0.05, 0) is 19.3 Å². The maximum atomic E-state index is 6.06. The van der Waals surface area contributed by atoms with Gasteiger partial charge in [-0.25, -0.2) is 4.98 Å². The molecule has 2 rings (SSSR count). The summed E-state index contributed by atoms with van der Waals surface area (Å²) in [5.41, 5.74) is 0. The molecule has 2 atom stereocenters. The Morgan fingerprint density at radius 3 is 2.94 bits per heavy atom. The Balaban J connectivity index is 2.03. The molecule has 0 radical (unpaired) electrons. The van der Waals surface area contributed by atoms with Crippen LogP contribution in [0.3, 0.4) is 0 Å². The lowest BCUT2D eigenvalue weighted by Crippen LogP contribution is -2.18. The quantitative estimate of drug-likeness (QED) is 0.865. The Hall–Kier alpha value is -1.07. The molecule has 1 aromatic rings. The minimum atomic E-state index is 0.344. The summed E-state index contributed by atoms with van der Waals surface area (Å²) in [5.74, 6) is 1.26. The fourth-order valence-corrected chi connectivity index (χ4v) is 2.21. The molecule has 1 aromatic heterocycles. The molecule has 1 fully saturated rings. The molecule has 0 aliphatic heterocycles. The summed E-state index contributed by atoms with van der Waals surface area (Å²) in [4.78, 5) is 8.34. The van der Waals surface area contributed by atoms with Gasteiger partial charge in [0.1, 0.15) is 5.02 Å². The zero-order valence-corrected chi connectivity index (χ0v) is 10.8. The summed E-state index contributed by atoms with van der Waals surface area (Å²) < 4.78 is 5.34. The number of aromatic nitrogens is 2. The summed E-state index contributed by atoms with van der Waals surface area (Å²) >= 11 is 6.06. The van der Waals surface area contributed by atoms with Crippen molar-refractivity contribution in [2.45, 2.75) is 31.4 Å². The van der Waals surface area contributed by atoms with Crippen LogP contribution in [0.4, 0.5) is 11.8 Å². The van der Waals surface area contributed by atoms with Crippen molar-refractivity contribution in [3.63, 3.8) is 0 Å². The van der Waals surface area contributed by atoms with Gasteiger partial charge in [-0.2, -0.15) is 4.98 Å². The van der Waals surface area contributed by atoms with Gasteiger partial charge in [-0.3, -0.25) is 0 Å². The number of hydrogen-bond donors (Lipinski definition) is 2. The lowest BCUT2D eigenvalue weighted by molar-refractivity contribution is 0.108. The third-order valence-electron chi connectivity index (χ3n) is 3.03. The van der Waals surface area contributed by atoms with Crippen LogP contribution in [0.15, 0.2) is 6.20 Å². The number of hydrogen-bond acceptors (Lipinski definition) is 5. The summed E-state index contributed by atoms with van der Waals surface area (Å²) in [7, 11) is 3.54. The van der Waals surface area contributed by atoms with Crippen LogP contribution in [0, 0.1) is 0 Å². The normalized spacial score (nSPS) is 23.7. The first-order valence-corrected chi connectivity index (χ1v) is 6.10. The van der Waals surface area contributed by atoms with Crippen molar-refractivity contribution in [3.05, 3.63) is 11.2 Å². The summed E-state index contributed by atoms with van der Waals surface area (Å²) in [5, 5.41) is 6.79. The molecule has 1 heterocycles. The molecule has 94 valence electrons. The molecule has 1 aliphatic carbocycles. The first-order valence-electron chi connectivity index (χ1n) is 5.72. The molecule has 1 aliphatic rings. The number of halogens is 1. The smallest absolute Gasteiger partial charge is 0.224 e. The molecule has 0 amide bonds. The van der Waals surface area contributed by atoms with Crippen LogP contribution in [0.25, 0.3) is 0 Å². The van der Waals surface area contributed by atoms with Gasteiger partial charge in [-0.15, -0.1) is 0 Å². The summed E-state index contributed by atoms with van der Waals surface area (Å²) in [6.45, 7) is 0. The highest BCUT2D eigenvalue weighted by molar-refractivity contribution is 6.32. The largest absolute Gasteiger partial charge is 0.381 e. The van der Waals surface area contributed by atoms with E-state index in [0.717, 1.165) is 19.3 Å². The molecular formula is C11H17ClN4O. The van der Waals surface area contributed by atoms with Crippen molar-refractivity contribution >= 4 is 23.4 Å². The number of methoxy groups -OCH3 is 1. The molecule has 17 heavy (non-hydrogen) atoms. The molecule has 0 aromatic carbocycles. The molecule has 1 saturated carbocycles. The highest BCUT2D eigenvalue weighted by Crippen LogP contribution is 2.27. The number of nitrogens with one attached hydrogen (secondary N) is 2. The van der Waals surface area contributed by atoms with E-state index in [1.807, 2.05) is 0 Å². The first-order chi connectivity index (χ1) is 8.22. The Morgan fingerprint density at radius 1 is 1.47 bits per heavy atom. The van der Waals surface area contributed by atoms with Crippen molar-refractivity contribution in [1.29, 1.82) is 0 Å². The van der Waals surface area contributed by atoms with E-state index >= 15 is 0 Å². The summed E-state index contributed by atoms with van der Waals surface area (Å²) in [6.07, 6.45) is 5.10. The van der Waals surface area contributed by atoms with Gasteiger partial charge >= 0.3 is 0 Å². The maximum absolute atomic E-state index is 6.06. The van der Waals surface area contributed by atoms with E-state index in [9.17, 15) is 0 Å². The minimum Gasteiger partial charge on any atom is -0.381 e. The molecule has 0 saturated heterocycles. The molecular weight excluding hydrogens is 240 g/mol. The number of rotatable bonds is 4. The van der Waals surface area contributed by atoms with Gasteiger partial charge < -0.3 is 15.4 Å². The van der Waals surface area contributed by atoms with E-state index in [1.54, 1.807) is 20.4 Å². The first kappa shape index (κ1) is 12.4. The Kier molecular flexibility index (Phi) is 4.02. The number of ether oxygens (including phenoxy) is 1. The second-order valence-electron chi connectivity index (χ2n) is 4.15. The van der Waals surface area contributed by atoms with Gasteiger partial charge in [0.2, 0.25) is 5.95 Å². The van der Waals surface area contributed by atoms with Crippen molar-refractivity contribution in [2.75, 3.05) is 24.8 Å². The highest BCUT2D eigenvalue weighted by atomic mass is 35.5. The van der Waals surface area contributed by atoms with Crippen LogP contribution in [-0.4, -0.2) is 36.3 Å². The maximum Gasteiger partial charge on any atom is 0.224 e. The number of nitrogens with zero attached hydrogens (tertiary/aromatic N) is 2. The van der Waals surface area contributed by atoms with Gasteiger partial charge in [0.25, 0.3) is 0 Å². The lowest BCUT2D eigenvalue weighted by atomic mass is 10.2.